The van der Waals surface area contributed by atoms with E-state index in [-0.39, 0.29) is 17.8 Å². The third-order valence-corrected chi connectivity index (χ3v) is 3.54. The fraction of sp³-hybridized carbons (Fsp3) is 0.692. The molecular formula is C13H22N4O3. The van der Waals surface area contributed by atoms with Crippen molar-refractivity contribution in [2.75, 3.05) is 23.7 Å². The van der Waals surface area contributed by atoms with E-state index in [0.717, 1.165) is 0 Å². The molecule has 0 aromatic carbocycles. The Morgan fingerprint density at radius 2 is 1.95 bits per heavy atom. The summed E-state index contributed by atoms with van der Waals surface area (Å²) < 4.78 is 1.41. The zero-order valence-electron chi connectivity index (χ0n) is 11.9. The summed E-state index contributed by atoms with van der Waals surface area (Å²) in [6, 6.07) is 0. The molecule has 0 unspecified atom stereocenters. The summed E-state index contributed by atoms with van der Waals surface area (Å²) in [4.78, 5) is 28.1. The van der Waals surface area contributed by atoms with Crippen molar-refractivity contribution in [2.24, 2.45) is 5.92 Å². The summed E-state index contributed by atoms with van der Waals surface area (Å²) in [5.74, 6) is 0.459. The Bertz CT molecular complexity index is 582. The van der Waals surface area contributed by atoms with Crippen LogP contribution in [0.4, 0.5) is 11.5 Å². The molecule has 0 atom stereocenters. The van der Waals surface area contributed by atoms with Gasteiger partial charge in [0.25, 0.3) is 5.56 Å². The summed E-state index contributed by atoms with van der Waals surface area (Å²) in [5.41, 5.74) is 5.46. The Morgan fingerprint density at radius 1 is 1.35 bits per heavy atom. The fourth-order valence-corrected chi connectivity index (χ4v) is 2.52. The highest BCUT2D eigenvalue weighted by molar-refractivity contribution is 5.62. The molecule has 112 valence electrons. The molecule has 1 saturated heterocycles. The van der Waals surface area contributed by atoms with Crippen LogP contribution >= 0.6 is 0 Å². The highest BCUT2D eigenvalue weighted by atomic mass is 16.3. The Labute approximate surface area is 117 Å². The molecule has 0 radical (unpaired) electrons. The topological polar surface area (TPSA) is 104 Å². The van der Waals surface area contributed by atoms with Crippen LogP contribution in [0.5, 0.6) is 0 Å². The van der Waals surface area contributed by atoms with E-state index < -0.39 is 11.2 Å². The maximum absolute atomic E-state index is 12.0. The number of aliphatic hydroxyl groups excluding tert-OH is 1. The van der Waals surface area contributed by atoms with Gasteiger partial charge < -0.3 is 15.7 Å². The van der Waals surface area contributed by atoms with Crippen molar-refractivity contribution in [3.63, 3.8) is 0 Å². The Balaban J connectivity index is 2.42. The van der Waals surface area contributed by atoms with Gasteiger partial charge in [-0.05, 0) is 18.8 Å². The van der Waals surface area contributed by atoms with Crippen LogP contribution in [0.25, 0.3) is 0 Å². The van der Waals surface area contributed by atoms with Crippen LogP contribution in [0.3, 0.4) is 0 Å². The lowest BCUT2D eigenvalue weighted by atomic mass is 10.1. The molecule has 1 aromatic heterocycles. The number of hydrogen-bond acceptors (Lipinski definition) is 5. The molecule has 0 spiro atoms. The number of nitrogens with zero attached hydrogens (tertiary/aromatic N) is 2. The van der Waals surface area contributed by atoms with E-state index in [4.69, 9.17) is 5.73 Å². The Morgan fingerprint density at radius 3 is 2.50 bits per heavy atom. The third kappa shape index (κ3) is 2.87. The molecule has 0 amide bonds. The van der Waals surface area contributed by atoms with E-state index in [2.05, 4.69) is 4.98 Å². The molecule has 2 heterocycles. The number of rotatable bonds is 3. The first-order valence-corrected chi connectivity index (χ1v) is 6.95. The molecule has 1 aliphatic heterocycles. The fourth-order valence-electron chi connectivity index (χ4n) is 2.52. The van der Waals surface area contributed by atoms with Crippen molar-refractivity contribution in [2.45, 2.75) is 39.3 Å². The molecule has 4 N–H and O–H groups in total. The second kappa shape index (κ2) is 5.70. The van der Waals surface area contributed by atoms with Crippen LogP contribution in [0.2, 0.25) is 0 Å². The average molecular weight is 282 g/mol. The lowest BCUT2D eigenvalue weighted by molar-refractivity contribution is 0.145. The number of anilines is 2. The minimum absolute atomic E-state index is 0.212. The largest absolute Gasteiger partial charge is 0.393 e. The van der Waals surface area contributed by atoms with Gasteiger partial charge in [-0.25, -0.2) is 4.79 Å². The van der Waals surface area contributed by atoms with Crippen molar-refractivity contribution in [1.29, 1.82) is 0 Å². The quantitative estimate of drug-likeness (QED) is 0.708. The van der Waals surface area contributed by atoms with Crippen molar-refractivity contribution >= 4 is 11.5 Å². The van der Waals surface area contributed by atoms with Gasteiger partial charge in [0.15, 0.2) is 0 Å². The molecule has 1 aliphatic rings. The van der Waals surface area contributed by atoms with Crippen LogP contribution in [0.15, 0.2) is 9.59 Å². The van der Waals surface area contributed by atoms with Gasteiger partial charge in [0.2, 0.25) is 0 Å². The van der Waals surface area contributed by atoms with E-state index in [9.17, 15) is 14.7 Å². The van der Waals surface area contributed by atoms with Gasteiger partial charge >= 0.3 is 5.69 Å². The molecule has 20 heavy (non-hydrogen) atoms. The Hall–Kier alpha value is -1.76. The number of nitrogen functional groups attached to an aromatic ring is 1. The van der Waals surface area contributed by atoms with Crippen LogP contribution < -0.4 is 21.9 Å². The first-order valence-electron chi connectivity index (χ1n) is 6.95. The Kier molecular flexibility index (Phi) is 4.17. The van der Waals surface area contributed by atoms with Crippen molar-refractivity contribution in [1.82, 2.24) is 9.55 Å². The molecule has 0 saturated carbocycles. The molecule has 1 aromatic rings. The summed E-state index contributed by atoms with van der Waals surface area (Å²) in [5, 5.41) is 9.53. The molecule has 2 rings (SSSR count). The van der Waals surface area contributed by atoms with Crippen LogP contribution in [-0.4, -0.2) is 33.9 Å². The van der Waals surface area contributed by atoms with Crippen LogP contribution in [0.1, 0.15) is 26.7 Å². The predicted molar refractivity (Wildman–Crippen MR) is 78.0 cm³/mol. The first kappa shape index (κ1) is 14.6. The summed E-state index contributed by atoms with van der Waals surface area (Å²) >= 11 is 0. The smallest absolute Gasteiger partial charge is 0.330 e. The average Bonchev–Trinajstić information content (AvgIpc) is 2.36. The number of hydrogen-bond donors (Lipinski definition) is 3. The third-order valence-electron chi connectivity index (χ3n) is 3.54. The number of nitrogens with two attached hydrogens (primary N) is 1. The summed E-state index contributed by atoms with van der Waals surface area (Å²) in [6.07, 6.45) is 0.873. The van der Waals surface area contributed by atoms with E-state index >= 15 is 0 Å². The number of aromatic amines is 1. The lowest BCUT2D eigenvalue weighted by Crippen LogP contribution is -2.43. The zero-order valence-corrected chi connectivity index (χ0v) is 11.9. The highest BCUT2D eigenvalue weighted by Crippen LogP contribution is 2.21. The second-order valence-corrected chi connectivity index (χ2v) is 5.72. The van der Waals surface area contributed by atoms with Crippen molar-refractivity contribution in [3.8, 4) is 0 Å². The van der Waals surface area contributed by atoms with Gasteiger partial charge in [-0.2, -0.15) is 0 Å². The van der Waals surface area contributed by atoms with E-state index in [1.165, 1.54) is 4.57 Å². The minimum Gasteiger partial charge on any atom is -0.393 e. The molecule has 7 heteroatoms. The monoisotopic (exact) mass is 282 g/mol. The van der Waals surface area contributed by atoms with Gasteiger partial charge in [-0.15, -0.1) is 0 Å². The molecule has 7 nitrogen and oxygen atoms in total. The van der Waals surface area contributed by atoms with Crippen molar-refractivity contribution < 1.29 is 5.11 Å². The second-order valence-electron chi connectivity index (χ2n) is 5.72. The van der Waals surface area contributed by atoms with Gasteiger partial charge in [0.05, 0.1) is 6.10 Å². The molecule has 0 aliphatic carbocycles. The standard InChI is InChI=1S/C13H22N4O3/c1-8(2)7-17-11(14)10(12(19)15-13(17)20)16-5-3-9(18)4-6-16/h8-9,18H,3-7,14H2,1-2H3,(H,15,19,20). The predicted octanol–water partition coefficient (Wildman–Crippen LogP) is -0.264. The highest BCUT2D eigenvalue weighted by Gasteiger charge is 2.23. The number of aromatic nitrogens is 2. The van der Waals surface area contributed by atoms with Gasteiger partial charge in [0.1, 0.15) is 11.5 Å². The van der Waals surface area contributed by atoms with Gasteiger partial charge in [-0.3, -0.25) is 14.3 Å². The van der Waals surface area contributed by atoms with E-state index in [1.54, 1.807) is 0 Å². The molecular weight excluding hydrogens is 260 g/mol. The first-order chi connectivity index (χ1) is 9.40. The normalized spacial score (nSPS) is 16.9. The number of aliphatic hydroxyl groups is 1. The van der Waals surface area contributed by atoms with Gasteiger partial charge in [0, 0.05) is 19.6 Å². The maximum Gasteiger partial charge on any atom is 0.330 e. The van der Waals surface area contributed by atoms with E-state index in [1.807, 2.05) is 18.7 Å². The van der Waals surface area contributed by atoms with Crippen LogP contribution in [-0.2, 0) is 6.54 Å². The SMILES string of the molecule is CC(C)Cn1c(N)c(N2CCC(O)CC2)c(=O)[nH]c1=O. The lowest BCUT2D eigenvalue weighted by Gasteiger charge is -2.31. The van der Waals surface area contributed by atoms with Gasteiger partial charge in [-0.1, -0.05) is 13.8 Å². The number of H-pyrrole nitrogens is 1. The summed E-state index contributed by atoms with van der Waals surface area (Å²) in [6.45, 7) is 5.55. The van der Waals surface area contributed by atoms with Crippen LogP contribution in [0, 0.1) is 5.92 Å². The minimum atomic E-state index is -0.470. The van der Waals surface area contributed by atoms with Crippen molar-refractivity contribution in [3.05, 3.63) is 20.8 Å². The maximum atomic E-state index is 12.0. The van der Waals surface area contributed by atoms with E-state index in [0.29, 0.717) is 38.2 Å². The summed E-state index contributed by atoms with van der Waals surface area (Å²) in [7, 11) is 0. The zero-order chi connectivity index (χ0) is 14.9. The molecule has 0 bridgehead atoms. The molecule has 1 fully saturated rings. The number of nitrogens with one attached hydrogen (secondary N) is 1. The number of piperidine rings is 1.